The van der Waals surface area contributed by atoms with Crippen LogP contribution in [0, 0.1) is 13.8 Å². The van der Waals surface area contributed by atoms with E-state index in [9.17, 15) is 14.7 Å². The summed E-state index contributed by atoms with van der Waals surface area (Å²) in [6.07, 6.45) is 3.00. The van der Waals surface area contributed by atoms with Crippen LogP contribution in [0.1, 0.15) is 28.3 Å². The number of benzene rings is 2. The second-order valence-corrected chi connectivity index (χ2v) is 9.83. The summed E-state index contributed by atoms with van der Waals surface area (Å²) in [4.78, 5) is 36.6. The first-order chi connectivity index (χ1) is 16.3. The highest BCUT2D eigenvalue weighted by Crippen LogP contribution is 2.45. The Kier molecular flexibility index (Phi) is 5.64. The van der Waals surface area contributed by atoms with E-state index >= 15 is 0 Å². The average molecular weight is 510 g/mol. The van der Waals surface area contributed by atoms with Crippen LogP contribution < -0.4 is 4.90 Å². The molecule has 0 spiro atoms. The van der Waals surface area contributed by atoms with Gasteiger partial charge in [0, 0.05) is 18.0 Å². The number of hydrogen-bond donors (Lipinski definition) is 1. The van der Waals surface area contributed by atoms with Crippen LogP contribution in [0.4, 0.5) is 5.13 Å². The Morgan fingerprint density at radius 3 is 2.47 bits per heavy atom. The van der Waals surface area contributed by atoms with E-state index in [1.54, 1.807) is 30.3 Å². The van der Waals surface area contributed by atoms with Crippen LogP contribution in [0.25, 0.3) is 16.0 Å². The van der Waals surface area contributed by atoms with Crippen molar-refractivity contribution >= 4 is 67.3 Å². The maximum absolute atomic E-state index is 13.3. The third-order valence-electron chi connectivity index (χ3n) is 5.68. The summed E-state index contributed by atoms with van der Waals surface area (Å²) < 4.78 is 0.899. The molecule has 2 aromatic heterocycles. The van der Waals surface area contributed by atoms with E-state index in [4.69, 9.17) is 28.2 Å². The van der Waals surface area contributed by atoms with Gasteiger partial charge >= 0.3 is 5.91 Å². The van der Waals surface area contributed by atoms with Gasteiger partial charge < -0.3 is 5.11 Å². The first kappa shape index (κ1) is 22.5. The van der Waals surface area contributed by atoms with E-state index in [0.29, 0.717) is 21.3 Å². The molecule has 4 aromatic rings. The molecule has 9 heteroatoms. The number of halogens is 2. The Labute approximate surface area is 209 Å². The van der Waals surface area contributed by atoms with Crippen LogP contribution >= 0.6 is 34.5 Å². The van der Waals surface area contributed by atoms with Gasteiger partial charge in [0.05, 0.1) is 31.9 Å². The van der Waals surface area contributed by atoms with Crippen molar-refractivity contribution in [2.45, 2.75) is 19.9 Å². The van der Waals surface area contributed by atoms with Crippen molar-refractivity contribution < 1.29 is 14.7 Å². The van der Waals surface area contributed by atoms with Crippen molar-refractivity contribution in [3.8, 4) is 0 Å². The molecule has 170 valence electrons. The number of carbonyl (C=O) groups is 2. The van der Waals surface area contributed by atoms with E-state index in [1.807, 2.05) is 26.0 Å². The number of pyridine rings is 1. The molecule has 1 fully saturated rings. The molecule has 1 aliphatic rings. The number of aryl methyl sites for hydroxylation is 2. The zero-order valence-corrected chi connectivity index (χ0v) is 20.4. The highest BCUT2D eigenvalue weighted by atomic mass is 35.5. The Hall–Kier alpha value is -3.26. The fourth-order valence-electron chi connectivity index (χ4n) is 4.15. The van der Waals surface area contributed by atoms with Crippen molar-refractivity contribution in [3.63, 3.8) is 0 Å². The lowest BCUT2D eigenvalue weighted by molar-refractivity contribution is -0.132. The van der Waals surface area contributed by atoms with Crippen molar-refractivity contribution in [3.05, 3.63) is 92.7 Å². The summed E-state index contributed by atoms with van der Waals surface area (Å²) in [5, 5.41) is 12.1. The molecule has 1 N–H and O–H groups in total. The third-order valence-corrected chi connectivity index (χ3v) is 7.42. The molecule has 0 aliphatic carbocycles. The van der Waals surface area contributed by atoms with E-state index in [-0.39, 0.29) is 16.4 Å². The molecule has 1 saturated heterocycles. The van der Waals surface area contributed by atoms with Crippen molar-refractivity contribution in [1.82, 2.24) is 9.97 Å². The van der Waals surface area contributed by atoms with E-state index in [0.717, 1.165) is 21.3 Å². The molecule has 0 bridgehead atoms. The van der Waals surface area contributed by atoms with Crippen LogP contribution in [0.15, 0.2) is 60.4 Å². The molecule has 1 atom stereocenters. The van der Waals surface area contributed by atoms with Gasteiger partial charge in [0.15, 0.2) is 5.13 Å². The monoisotopic (exact) mass is 509 g/mol. The zero-order chi connectivity index (χ0) is 24.1. The van der Waals surface area contributed by atoms with Gasteiger partial charge in [0.25, 0.3) is 5.78 Å². The van der Waals surface area contributed by atoms with Crippen molar-refractivity contribution in [2.24, 2.45) is 0 Å². The summed E-state index contributed by atoms with van der Waals surface area (Å²) in [5.74, 6) is -1.88. The number of carbonyl (C=O) groups excluding carboxylic acids is 2. The van der Waals surface area contributed by atoms with E-state index in [1.165, 1.54) is 28.6 Å². The lowest BCUT2D eigenvalue weighted by atomic mass is 9.95. The van der Waals surface area contributed by atoms with E-state index in [2.05, 4.69) is 4.98 Å². The summed E-state index contributed by atoms with van der Waals surface area (Å²) in [6, 6.07) is 11.1. The minimum Gasteiger partial charge on any atom is -0.507 e. The number of nitrogens with zero attached hydrogens (tertiary/aromatic N) is 3. The van der Waals surface area contributed by atoms with Crippen LogP contribution in [-0.4, -0.2) is 26.8 Å². The fourth-order valence-corrected chi connectivity index (χ4v) is 5.63. The Morgan fingerprint density at radius 2 is 1.76 bits per heavy atom. The number of rotatable bonds is 3. The van der Waals surface area contributed by atoms with Gasteiger partial charge in [-0.2, -0.15) is 0 Å². The minimum atomic E-state index is -0.940. The first-order valence-corrected chi connectivity index (χ1v) is 11.9. The molecule has 2 aromatic carbocycles. The first-order valence-electron chi connectivity index (χ1n) is 10.3. The van der Waals surface area contributed by atoms with E-state index < -0.39 is 17.7 Å². The van der Waals surface area contributed by atoms with Gasteiger partial charge in [-0.15, -0.1) is 0 Å². The predicted molar refractivity (Wildman–Crippen MR) is 135 cm³/mol. The van der Waals surface area contributed by atoms with Gasteiger partial charge in [-0.05, 0) is 60.9 Å². The number of thiazole rings is 1. The smallest absolute Gasteiger partial charge is 0.301 e. The van der Waals surface area contributed by atoms with Gasteiger partial charge in [-0.3, -0.25) is 19.5 Å². The number of aliphatic hydroxyl groups is 1. The molecule has 6 nitrogen and oxygen atoms in total. The Bertz CT molecular complexity index is 1510. The maximum Gasteiger partial charge on any atom is 0.301 e. The molecular weight excluding hydrogens is 493 g/mol. The van der Waals surface area contributed by atoms with Crippen molar-refractivity contribution in [1.29, 1.82) is 0 Å². The maximum atomic E-state index is 13.3. The van der Waals surface area contributed by atoms with Crippen molar-refractivity contribution in [2.75, 3.05) is 4.90 Å². The number of amides is 1. The molecule has 1 unspecified atom stereocenters. The average Bonchev–Trinajstić information content (AvgIpc) is 3.34. The zero-order valence-electron chi connectivity index (χ0n) is 18.0. The fraction of sp³-hybridized carbons (Fsp3) is 0.120. The van der Waals surface area contributed by atoms with Crippen LogP contribution in [0.2, 0.25) is 10.0 Å². The Morgan fingerprint density at radius 1 is 1.03 bits per heavy atom. The molecular formula is C25H17Cl2N3O3S. The number of aromatic nitrogens is 2. The summed E-state index contributed by atoms with van der Waals surface area (Å²) in [6.45, 7) is 3.94. The number of anilines is 1. The largest absolute Gasteiger partial charge is 0.507 e. The molecule has 34 heavy (non-hydrogen) atoms. The topological polar surface area (TPSA) is 83.4 Å². The molecule has 1 amide bonds. The van der Waals surface area contributed by atoms with Crippen LogP contribution in [0.3, 0.4) is 0 Å². The van der Waals surface area contributed by atoms with Gasteiger partial charge in [0.2, 0.25) is 0 Å². The molecule has 1 aliphatic heterocycles. The highest BCUT2D eigenvalue weighted by Gasteiger charge is 2.48. The second kappa shape index (κ2) is 8.51. The lowest BCUT2D eigenvalue weighted by Gasteiger charge is -2.23. The summed E-state index contributed by atoms with van der Waals surface area (Å²) >= 11 is 13.7. The van der Waals surface area contributed by atoms with Crippen LogP contribution in [0.5, 0.6) is 0 Å². The molecule has 0 saturated carbocycles. The molecule has 0 radical (unpaired) electrons. The van der Waals surface area contributed by atoms with Gasteiger partial charge in [0.1, 0.15) is 5.76 Å². The minimum absolute atomic E-state index is 0.0539. The predicted octanol–water partition coefficient (Wildman–Crippen LogP) is 6.24. The third kappa shape index (κ3) is 3.66. The Balaban J connectivity index is 1.76. The van der Waals surface area contributed by atoms with Crippen LogP contribution in [-0.2, 0) is 9.59 Å². The quantitative estimate of drug-likeness (QED) is 0.200. The number of hydrogen-bond acceptors (Lipinski definition) is 6. The second-order valence-electron chi connectivity index (χ2n) is 8.00. The molecule has 5 rings (SSSR count). The lowest BCUT2D eigenvalue weighted by Crippen LogP contribution is -2.29. The number of Topliss-reactive ketones (excluding diaryl/α,β-unsaturated/α-hetero) is 1. The number of aliphatic hydroxyl groups excluding tert-OH is 1. The summed E-state index contributed by atoms with van der Waals surface area (Å²) in [5.41, 5.74) is 3.64. The number of ketones is 1. The standard InChI is InChI=1S/C25H17Cl2N3O3S/c1-12-9-13(2)20-18(10-12)34-25(29-20)30-21(15-3-4-16(26)17(27)11-15)19(23(32)24(30)33)22(31)14-5-7-28-8-6-14/h3-11,21,31H,1-2H3/b22-19+. The molecule has 3 heterocycles. The van der Waals surface area contributed by atoms with Gasteiger partial charge in [-0.1, -0.05) is 46.7 Å². The number of fused-ring (bicyclic) bond motifs is 1. The van der Waals surface area contributed by atoms with Gasteiger partial charge in [-0.25, -0.2) is 4.98 Å². The SMILES string of the molecule is Cc1cc(C)c2nc(N3C(=O)C(=O)/C(=C(/O)c4ccncc4)C3c3ccc(Cl)c(Cl)c3)sc2c1. The normalized spacial score (nSPS) is 17.6. The summed E-state index contributed by atoms with van der Waals surface area (Å²) in [7, 11) is 0. The highest BCUT2D eigenvalue weighted by molar-refractivity contribution is 7.22.